The molecule has 4 aromatic rings. The summed E-state index contributed by atoms with van der Waals surface area (Å²) in [6.45, 7) is 8.89. The number of furan rings is 1. The van der Waals surface area contributed by atoms with Gasteiger partial charge in [-0.15, -0.1) is 0 Å². The summed E-state index contributed by atoms with van der Waals surface area (Å²) in [5, 5.41) is 16.8. The van der Waals surface area contributed by atoms with Gasteiger partial charge < -0.3 is 24.6 Å². The molecule has 0 spiro atoms. The maximum absolute atomic E-state index is 13.2. The number of rotatable bonds is 9. The summed E-state index contributed by atoms with van der Waals surface area (Å²) in [6, 6.07) is 8.06. The van der Waals surface area contributed by atoms with Crippen molar-refractivity contribution in [2.24, 2.45) is 5.92 Å². The van der Waals surface area contributed by atoms with E-state index in [1.54, 1.807) is 51.1 Å². The number of hydrogen-bond donors (Lipinski definition) is 3. The average molecular weight is 567 g/mol. The fourth-order valence-electron chi connectivity index (χ4n) is 4.67. The summed E-state index contributed by atoms with van der Waals surface area (Å²) in [5.74, 6) is -2.04. The second kappa shape index (κ2) is 11.6. The first-order chi connectivity index (χ1) is 18.8. The summed E-state index contributed by atoms with van der Waals surface area (Å²) in [5.41, 5.74) is 2.72. The molecule has 10 heteroatoms. The minimum atomic E-state index is -1.18. The van der Waals surface area contributed by atoms with Crippen molar-refractivity contribution in [2.75, 3.05) is 0 Å². The number of carboxylic acids is 1. The Hall–Kier alpha value is -4.11. The van der Waals surface area contributed by atoms with Crippen LogP contribution in [-0.2, 0) is 27.2 Å². The van der Waals surface area contributed by atoms with E-state index in [2.05, 4.69) is 10.6 Å². The molecule has 2 atom stereocenters. The largest absolute Gasteiger partial charge is 0.480 e. The van der Waals surface area contributed by atoms with Gasteiger partial charge in [0.1, 0.15) is 29.0 Å². The van der Waals surface area contributed by atoms with Crippen LogP contribution in [0.15, 0.2) is 50.0 Å². The molecule has 0 aliphatic heterocycles. The predicted molar refractivity (Wildman–Crippen MR) is 152 cm³/mol. The van der Waals surface area contributed by atoms with Gasteiger partial charge in [0.15, 0.2) is 0 Å². The zero-order valence-corrected chi connectivity index (χ0v) is 23.6. The Kier molecular flexibility index (Phi) is 8.34. The molecular weight excluding hydrogens is 536 g/mol. The third-order valence-electron chi connectivity index (χ3n) is 7.16. The van der Waals surface area contributed by atoms with Crippen LogP contribution in [-0.4, -0.2) is 35.0 Å². The van der Waals surface area contributed by atoms with Crippen molar-refractivity contribution in [3.8, 4) is 0 Å². The Balaban J connectivity index is 1.62. The molecular formula is C30H31ClN2O7. The van der Waals surface area contributed by atoms with Gasteiger partial charge in [0.2, 0.25) is 11.8 Å². The molecule has 2 aromatic carbocycles. The molecule has 0 fully saturated rings. The van der Waals surface area contributed by atoms with Gasteiger partial charge in [-0.2, -0.15) is 0 Å². The van der Waals surface area contributed by atoms with E-state index in [-0.39, 0.29) is 24.3 Å². The lowest BCUT2D eigenvalue weighted by Gasteiger charge is -2.23. The number of hydrogen-bond acceptors (Lipinski definition) is 6. The van der Waals surface area contributed by atoms with Gasteiger partial charge in [-0.25, -0.2) is 9.59 Å². The van der Waals surface area contributed by atoms with Crippen molar-refractivity contribution in [3.05, 3.63) is 79.9 Å². The number of carboxylic acid groups (broad SMARTS) is 1. The molecule has 2 heterocycles. The van der Waals surface area contributed by atoms with Crippen LogP contribution in [0.25, 0.3) is 21.9 Å². The fraction of sp³-hybridized carbons (Fsp3) is 0.333. The lowest BCUT2D eigenvalue weighted by Crippen LogP contribution is -2.54. The molecule has 1 unspecified atom stereocenters. The predicted octanol–water partition coefficient (Wildman–Crippen LogP) is 4.61. The molecule has 0 aliphatic rings. The summed E-state index contributed by atoms with van der Waals surface area (Å²) < 4.78 is 11.3. The van der Waals surface area contributed by atoms with E-state index >= 15 is 0 Å². The number of amides is 2. The molecule has 0 aliphatic carbocycles. The van der Waals surface area contributed by atoms with Crippen LogP contribution >= 0.6 is 11.6 Å². The van der Waals surface area contributed by atoms with Crippen molar-refractivity contribution < 1.29 is 28.3 Å². The second-order valence-corrected chi connectivity index (χ2v) is 10.8. The number of aryl methyl sites for hydroxylation is 3. The zero-order chi connectivity index (χ0) is 29.3. The summed E-state index contributed by atoms with van der Waals surface area (Å²) in [6.07, 6.45) is -0.246. The summed E-state index contributed by atoms with van der Waals surface area (Å²) in [4.78, 5) is 51.0. The molecule has 2 amide bonds. The van der Waals surface area contributed by atoms with Gasteiger partial charge >= 0.3 is 11.6 Å². The van der Waals surface area contributed by atoms with E-state index < -0.39 is 35.5 Å². The van der Waals surface area contributed by atoms with Crippen molar-refractivity contribution in [2.45, 2.75) is 59.5 Å². The fourth-order valence-corrected chi connectivity index (χ4v) is 4.79. The highest BCUT2D eigenvalue weighted by Gasteiger charge is 2.29. The van der Waals surface area contributed by atoms with E-state index in [0.717, 1.165) is 16.7 Å². The third-order valence-corrected chi connectivity index (χ3v) is 7.41. The number of aliphatic carboxylic acids is 1. The highest BCUT2D eigenvalue weighted by atomic mass is 35.5. The van der Waals surface area contributed by atoms with Gasteiger partial charge in [-0.05, 0) is 61.6 Å². The number of carbonyl (C=O) groups excluding carboxylic acids is 2. The van der Waals surface area contributed by atoms with Gasteiger partial charge in [0.25, 0.3) is 0 Å². The minimum Gasteiger partial charge on any atom is -0.480 e. The van der Waals surface area contributed by atoms with E-state index in [4.69, 9.17) is 20.4 Å². The molecule has 0 saturated carbocycles. The maximum Gasteiger partial charge on any atom is 0.340 e. The SMILES string of the molecule is Cc1oc2cc3oc(=O)c(CC(=O)NC(Cc4ccc(Cl)cc4)C(=O)N[C@@H](C(=O)O)C(C)C)c(C)c3cc2c1C. The molecule has 0 bridgehead atoms. The Bertz CT molecular complexity index is 1670. The van der Waals surface area contributed by atoms with E-state index in [1.165, 1.54) is 0 Å². The first kappa shape index (κ1) is 28.9. The number of nitrogens with one attached hydrogen (secondary N) is 2. The smallest absolute Gasteiger partial charge is 0.340 e. The maximum atomic E-state index is 13.2. The van der Waals surface area contributed by atoms with Gasteiger partial charge in [0.05, 0.1) is 12.0 Å². The summed E-state index contributed by atoms with van der Waals surface area (Å²) in [7, 11) is 0. The van der Waals surface area contributed by atoms with Gasteiger partial charge in [-0.1, -0.05) is 37.6 Å². The number of fused-ring (bicyclic) bond motifs is 2. The lowest BCUT2D eigenvalue weighted by atomic mass is 10.00. The van der Waals surface area contributed by atoms with E-state index in [9.17, 15) is 24.3 Å². The Labute approximate surface area is 235 Å². The second-order valence-electron chi connectivity index (χ2n) is 10.3. The Morgan fingerprint density at radius 3 is 2.17 bits per heavy atom. The molecule has 0 saturated heterocycles. The van der Waals surface area contributed by atoms with Crippen molar-refractivity contribution >= 4 is 51.3 Å². The molecule has 2 aromatic heterocycles. The highest BCUT2D eigenvalue weighted by Crippen LogP contribution is 2.31. The molecule has 4 rings (SSSR count). The van der Waals surface area contributed by atoms with E-state index in [0.29, 0.717) is 32.7 Å². The lowest BCUT2D eigenvalue weighted by molar-refractivity contribution is -0.143. The number of benzene rings is 2. The van der Waals surface area contributed by atoms with Crippen LogP contribution in [0.4, 0.5) is 0 Å². The van der Waals surface area contributed by atoms with Crippen LogP contribution in [0.1, 0.15) is 41.9 Å². The first-order valence-electron chi connectivity index (χ1n) is 12.9. The Morgan fingerprint density at radius 2 is 1.55 bits per heavy atom. The van der Waals surface area contributed by atoms with Crippen LogP contribution in [0.5, 0.6) is 0 Å². The van der Waals surface area contributed by atoms with Crippen LogP contribution in [0.2, 0.25) is 5.02 Å². The molecule has 210 valence electrons. The molecule has 40 heavy (non-hydrogen) atoms. The Morgan fingerprint density at radius 1 is 0.925 bits per heavy atom. The van der Waals surface area contributed by atoms with Crippen molar-refractivity contribution in [3.63, 3.8) is 0 Å². The van der Waals surface area contributed by atoms with Gasteiger partial charge in [-0.3, -0.25) is 9.59 Å². The zero-order valence-electron chi connectivity index (χ0n) is 22.9. The topological polar surface area (TPSA) is 139 Å². The van der Waals surface area contributed by atoms with Crippen LogP contribution in [0, 0.1) is 26.7 Å². The molecule has 0 radical (unpaired) electrons. The number of carbonyl (C=O) groups is 3. The highest BCUT2D eigenvalue weighted by molar-refractivity contribution is 6.30. The van der Waals surface area contributed by atoms with Crippen LogP contribution in [0.3, 0.4) is 0 Å². The van der Waals surface area contributed by atoms with Crippen molar-refractivity contribution in [1.29, 1.82) is 0 Å². The standard InChI is InChI=1S/C30H31ClN2O7/c1-14(2)27(29(36)37)33-28(35)23(10-18-6-8-19(31)9-7-18)32-26(34)12-22-16(4)21-11-20-15(3)17(5)39-24(20)13-25(21)40-30(22)38/h6-9,11,13-14,23,27H,10,12H2,1-5H3,(H,32,34)(H,33,35)(H,36,37)/t23?,27-/m1/s1. The quantitative estimate of drug-likeness (QED) is 0.251. The molecule has 3 N–H and O–H groups in total. The van der Waals surface area contributed by atoms with Crippen molar-refractivity contribution in [1.82, 2.24) is 10.6 Å². The minimum absolute atomic E-state index is 0.0849. The van der Waals surface area contributed by atoms with E-state index in [1.807, 2.05) is 19.9 Å². The summed E-state index contributed by atoms with van der Waals surface area (Å²) >= 11 is 5.98. The number of halogens is 1. The normalized spacial score (nSPS) is 13.0. The van der Waals surface area contributed by atoms with Gasteiger partial charge in [0, 0.05) is 28.3 Å². The molecule has 9 nitrogen and oxygen atoms in total. The first-order valence-corrected chi connectivity index (χ1v) is 13.3. The third kappa shape index (κ3) is 6.04. The van der Waals surface area contributed by atoms with Crippen LogP contribution < -0.4 is 16.3 Å². The average Bonchev–Trinajstić information content (AvgIpc) is 3.16. The monoisotopic (exact) mass is 566 g/mol.